The summed E-state index contributed by atoms with van der Waals surface area (Å²) in [5, 5.41) is 15.9. The number of imidazole rings is 1. The summed E-state index contributed by atoms with van der Waals surface area (Å²) in [5.41, 5.74) is 16.2. The molecule has 3 heterocycles. The second kappa shape index (κ2) is 14.9. The maximum absolute atomic E-state index is 14.1. The first-order chi connectivity index (χ1) is 24.3. The molecule has 14 nitrogen and oxygen atoms in total. The minimum atomic E-state index is -1.13. The van der Waals surface area contributed by atoms with Gasteiger partial charge in [-0.15, -0.1) is 0 Å². The first kappa shape index (κ1) is 36.1. The van der Waals surface area contributed by atoms with Gasteiger partial charge in [-0.05, 0) is 113 Å². The zero-order valence-corrected chi connectivity index (χ0v) is 31.3. The van der Waals surface area contributed by atoms with Crippen molar-refractivity contribution < 1.29 is 24.3 Å². The van der Waals surface area contributed by atoms with Gasteiger partial charge in [-0.3, -0.25) is 9.69 Å². The Morgan fingerprint density at radius 2 is 1.75 bits per heavy atom. The second-order valence-corrected chi connectivity index (χ2v) is 14.7. The van der Waals surface area contributed by atoms with E-state index in [9.17, 15) is 24.3 Å². The Morgan fingerprint density at radius 3 is 2.39 bits per heavy atom. The number of amides is 5. The molecule has 7 N–H and O–H groups in total. The number of carboxylic acid groups (broad SMARTS) is 1. The molecule has 2 aliphatic heterocycles. The van der Waals surface area contributed by atoms with E-state index in [0.29, 0.717) is 64.0 Å². The van der Waals surface area contributed by atoms with Crippen LogP contribution >= 0.6 is 31.9 Å². The summed E-state index contributed by atoms with van der Waals surface area (Å²) in [7, 11) is 3.40. The summed E-state index contributed by atoms with van der Waals surface area (Å²) in [4.78, 5) is 62.1. The molecule has 16 heteroatoms. The second-order valence-electron chi connectivity index (χ2n) is 13.0. The quantitative estimate of drug-likeness (QED) is 0.147. The number of anilines is 2. The molecular weight excluding hydrogens is 786 g/mol. The SMILES string of the molecule is CN(C)C(C(N)=O)n1c([C@@H](Cc2cc(Br)c(N)c(Br)c2)NC(=O)N2CCC(N3CCc4ccccc4NC3=O)CC2)nc2cc(C(=O)O)ccc21. The Balaban J connectivity index is 1.30. The van der Waals surface area contributed by atoms with Gasteiger partial charge in [0.15, 0.2) is 6.17 Å². The van der Waals surface area contributed by atoms with Crippen LogP contribution in [0, 0.1) is 0 Å². The smallest absolute Gasteiger partial charge is 0.335 e. The average molecular weight is 826 g/mol. The van der Waals surface area contributed by atoms with Crippen LogP contribution in [0.3, 0.4) is 0 Å². The number of carbonyl (C=O) groups excluding carboxylic acids is 3. The Hall–Kier alpha value is -4.67. The standard InChI is InChI=1S/C35H39Br2N9O5/c1-43(2)32(30(39)47)46-28-8-7-21(33(48)49)18-26(28)40-31(46)27(17-19-15-23(36)29(38)24(37)16-19)42-34(50)44-12-10-22(11-13-44)45-14-9-20-5-3-4-6-25(20)41-35(45)51/h3-8,15-16,18,22,27,32H,9-14,17,38H2,1-2H3,(H2,39,47)(H,41,51)(H,42,50)(H,48,49)/t27-,32?/m1/s1. The van der Waals surface area contributed by atoms with Gasteiger partial charge in [-0.2, -0.15) is 0 Å². The normalized spacial score (nSPS) is 16.4. The number of carbonyl (C=O) groups is 4. The van der Waals surface area contributed by atoms with Gasteiger partial charge in [0.05, 0.1) is 28.3 Å². The van der Waals surface area contributed by atoms with Crippen LogP contribution in [0.5, 0.6) is 0 Å². The molecule has 0 aliphatic carbocycles. The summed E-state index contributed by atoms with van der Waals surface area (Å²) >= 11 is 7.02. The fourth-order valence-corrected chi connectivity index (χ4v) is 8.20. The highest BCUT2D eigenvalue weighted by Gasteiger charge is 2.34. The highest BCUT2D eigenvalue weighted by atomic mass is 79.9. The van der Waals surface area contributed by atoms with Crippen molar-refractivity contribution >= 4 is 78.2 Å². The van der Waals surface area contributed by atoms with Gasteiger partial charge in [0.1, 0.15) is 5.82 Å². The number of aromatic nitrogens is 2. The first-order valence-corrected chi connectivity index (χ1v) is 18.1. The number of likely N-dealkylation sites (N-methyl/N-ethyl adjacent to an activating group) is 1. The molecular formula is C35H39Br2N9O5. The van der Waals surface area contributed by atoms with Gasteiger partial charge in [0.25, 0.3) is 5.91 Å². The van der Waals surface area contributed by atoms with Gasteiger partial charge in [0.2, 0.25) is 0 Å². The maximum Gasteiger partial charge on any atom is 0.335 e. The molecule has 5 amide bonds. The minimum absolute atomic E-state index is 0.0241. The van der Waals surface area contributed by atoms with Crippen LogP contribution in [0.4, 0.5) is 21.0 Å². The molecule has 1 fully saturated rings. The number of nitrogens with one attached hydrogen (secondary N) is 2. The van der Waals surface area contributed by atoms with Gasteiger partial charge >= 0.3 is 18.0 Å². The Bertz CT molecular complexity index is 1990. The van der Waals surface area contributed by atoms with E-state index in [1.165, 1.54) is 12.1 Å². The number of nitrogens with zero attached hydrogens (tertiary/aromatic N) is 5. The van der Waals surface area contributed by atoms with Gasteiger partial charge in [0, 0.05) is 46.7 Å². The van der Waals surface area contributed by atoms with Crippen molar-refractivity contribution in [3.63, 3.8) is 0 Å². The summed E-state index contributed by atoms with van der Waals surface area (Å²) in [6.07, 6.45) is 1.17. The van der Waals surface area contributed by atoms with Crippen LogP contribution in [-0.2, 0) is 17.6 Å². The number of primary amides is 1. The molecule has 6 rings (SSSR count). The predicted octanol–water partition coefficient (Wildman–Crippen LogP) is 4.94. The molecule has 0 spiro atoms. The van der Waals surface area contributed by atoms with E-state index in [1.807, 2.05) is 41.3 Å². The summed E-state index contributed by atoms with van der Waals surface area (Å²) in [6, 6.07) is 14.6. The van der Waals surface area contributed by atoms with Crippen LogP contribution in [0.2, 0.25) is 0 Å². The van der Waals surface area contributed by atoms with Crippen LogP contribution in [0.1, 0.15) is 52.4 Å². The molecule has 4 aromatic rings. The zero-order chi connectivity index (χ0) is 36.6. The fraction of sp³-hybridized carbons (Fsp3) is 0.343. The molecule has 268 valence electrons. The zero-order valence-electron chi connectivity index (χ0n) is 28.1. The number of carboxylic acids is 1. The van der Waals surface area contributed by atoms with Crippen LogP contribution in [-0.4, -0.2) is 93.1 Å². The van der Waals surface area contributed by atoms with Crippen LogP contribution in [0.15, 0.2) is 63.5 Å². The van der Waals surface area contributed by atoms with Gasteiger partial charge < -0.3 is 41.6 Å². The Morgan fingerprint density at radius 1 is 1.06 bits per heavy atom. The average Bonchev–Trinajstić information content (AvgIpc) is 3.36. The summed E-state index contributed by atoms with van der Waals surface area (Å²) in [5.74, 6) is -1.47. The number of hydrogen-bond donors (Lipinski definition) is 5. The minimum Gasteiger partial charge on any atom is -0.478 e. The van der Waals surface area contributed by atoms with Crippen molar-refractivity contribution in [2.75, 3.05) is 44.8 Å². The number of piperidine rings is 1. The summed E-state index contributed by atoms with van der Waals surface area (Å²) < 4.78 is 2.96. The van der Waals surface area contributed by atoms with Crippen molar-refractivity contribution in [3.05, 3.63) is 86.1 Å². The van der Waals surface area contributed by atoms with E-state index >= 15 is 0 Å². The summed E-state index contributed by atoms with van der Waals surface area (Å²) in [6.45, 7) is 1.42. The van der Waals surface area contributed by atoms with Gasteiger partial charge in [-0.25, -0.2) is 19.4 Å². The third-order valence-electron chi connectivity index (χ3n) is 9.47. The molecule has 1 saturated heterocycles. The highest BCUT2D eigenvalue weighted by molar-refractivity contribution is 9.11. The number of urea groups is 2. The van der Waals surface area contributed by atoms with E-state index in [4.69, 9.17) is 16.5 Å². The number of likely N-dealkylation sites (tertiary alicyclic amines) is 1. The molecule has 0 bridgehead atoms. The lowest BCUT2D eigenvalue weighted by Crippen LogP contribution is -2.52. The number of rotatable bonds is 9. The molecule has 1 unspecified atom stereocenters. The van der Waals surface area contributed by atoms with Crippen molar-refractivity contribution in [3.8, 4) is 0 Å². The Kier molecular flexibility index (Phi) is 10.6. The lowest BCUT2D eigenvalue weighted by Gasteiger charge is -2.38. The maximum atomic E-state index is 14.1. The van der Waals surface area contributed by atoms with Crippen molar-refractivity contribution in [2.24, 2.45) is 5.73 Å². The lowest BCUT2D eigenvalue weighted by atomic mass is 10.0. The van der Waals surface area contributed by atoms with E-state index in [2.05, 4.69) is 42.5 Å². The van der Waals surface area contributed by atoms with Crippen molar-refractivity contribution in [2.45, 2.75) is 43.9 Å². The van der Waals surface area contributed by atoms with E-state index in [0.717, 1.165) is 23.2 Å². The number of nitrogens with two attached hydrogens (primary N) is 2. The molecule has 3 aromatic carbocycles. The number of hydrogen-bond acceptors (Lipinski definition) is 7. The number of nitrogen functional groups attached to an aromatic ring is 1. The number of benzene rings is 3. The van der Waals surface area contributed by atoms with Crippen molar-refractivity contribution in [1.29, 1.82) is 0 Å². The molecule has 2 atom stereocenters. The Labute approximate surface area is 311 Å². The predicted molar refractivity (Wildman–Crippen MR) is 200 cm³/mol. The molecule has 51 heavy (non-hydrogen) atoms. The first-order valence-electron chi connectivity index (χ1n) is 16.5. The fourth-order valence-electron chi connectivity index (χ4n) is 6.92. The third kappa shape index (κ3) is 7.53. The van der Waals surface area contributed by atoms with Crippen molar-refractivity contribution in [1.82, 2.24) is 29.6 Å². The monoisotopic (exact) mass is 823 g/mol. The van der Waals surface area contributed by atoms with Crippen LogP contribution < -0.4 is 22.1 Å². The number of fused-ring (bicyclic) bond motifs is 2. The van der Waals surface area contributed by atoms with Crippen LogP contribution in [0.25, 0.3) is 11.0 Å². The van der Waals surface area contributed by atoms with E-state index < -0.39 is 24.1 Å². The largest absolute Gasteiger partial charge is 0.478 e. The molecule has 1 aromatic heterocycles. The number of para-hydroxylation sites is 1. The topological polar surface area (TPSA) is 192 Å². The molecule has 0 radical (unpaired) electrons. The number of aromatic carboxylic acids is 1. The van der Waals surface area contributed by atoms with E-state index in [1.54, 1.807) is 34.5 Å². The highest BCUT2D eigenvalue weighted by Crippen LogP contribution is 2.34. The lowest BCUT2D eigenvalue weighted by molar-refractivity contribution is -0.125. The third-order valence-corrected chi connectivity index (χ3v) is 10.8. The molecule has 0 saturated carbocycles. The van der Waals surface area contributed by atoms with E-state index in [-0.39, 0.29) is 30.1 Å². The molecule has 2 aliphatic rings. The van der Waals surface area contributed by atoms with Gasteiger partial charge in [-0.1, -0.05) is 18.2 Å². The number of halogens is 2.